The van der Waals surface area contributed by atoms with E-state index in [1.54, 1.807) is 23.1 Å². The Bertz CT molecular complexity index is 978. The van der Waals surface area contributed by atoms with Crippen molar-refractivity contribution in [2.24, 2.45) is 0 Å². The lowest BCUT2D eigenvalue weighted by atomic mass is 10.1. The van der Waals surface area contributed by atoms with Crippen LogP contribution in [0.1, 0.15) is 18.1 Å². The third-order valence-electron chi connectivity index (χ3n) is 4.19. The van der Waals surface area contributed by atoms with Crippen molar-refractivity contribution in [2.75, 3.05) is 19.8 Å². The predicted molar refractivity (Wildman–Crippen MR) is 124 cm³/mol. The van der Waals surface area contributed by atoms with E-state index in [0.717, 1.165) is 11.3 Å². The number of para-hydroxylation sites is 1. The fourth-order valence-electron chi connectivity index (χ4n) is 2.77. The minimum Gasteiger partial charge on any atom is -0.490 e. The number of amides is 1. The first-order valence-electron chi connectivity index (χ1n) is 8.96. The number of carbonyl (C=O) groups is 1. The quantitative estimate of drug-likeness (QED) is 0.284. The number of rotatable bonds is 7. The molecule has 0 aromatic heterocycles. The van der Waals surface area contributed by atoms with E-state index in [4.69, 9.17) is 44.9 Å². The maximum Gasteiger partial charge on any atom is 0.266 e. The molecule has 0 atom stereocenters. The maximum atomic E-state index is 12.5. The normalized spacial score (nSPS) is 15.3. The summed E-state index contributed by atoms with van der Waals surface area (Å²) >= 11 is 19.0. The molecule has 1 aliphatic rings. The van der Waals surface area contributed by atoms with Crippen molar-refractivity contribution < 1.29 is 14.3 Å². The van der Waals surface area contributed by atoms with Gasteiger partial charge in [-0.15, -0.1) is 0 Å². The molecule has 0 unspecified atom stereocenters. The van der Waals surface area contributed by atoms with Crippen LogP contribution in [-0.4, -0.2) is 34.9 Å². The molecule has 0 N–H and O–H groups in total. The Labute approximate surface area is 189 Å². The highest BCUT2D eigenvalue weighted by Gasteiger charge is 2.31. The van der Waals surface area contributed by atoms with Crippen molar-refractivity contribution in [3.63, 3.8) is 0 Å². The highest BCUT2D eigenvalue weighted by atomic mass is 35.5. The van der Waals surface area contributed by atoms with Gasteiger partial charge in [-0.2, -0.15) is 0 Å². The third-order valence-corrected chi connectivity index (χ3v) is 6.07. The van der Waals surface area contributed by atoms with Crippen LogP contribution in [0.5, 0.6) is 11.5 Å². The molecule has 29 heavy (non-hydrogen) atoms. The Morgan fingerprint density at radius 1 is 1.17 bits per heavy atom. The Morgan fingerprint density at radius 3 is 2.59 bits per heavy atom. The lowest BCUT2D eigenvalue weighted by Crippen LogP contribution is -2.27. The number of thiocarbonyl (C=S) groups is 1. The largest absolute Gasteiger partial charge is 0.490 e. The van der Waals surface area contributed by atoms with E-state index in [-0.39, 0.29) is 12.5 Å². The molecule has 1 fully saturated rings. The summed E-state index contributed by atoms with van der Waals surface area (Å²) in [7, 11) is 0. The van der Waals surface area contributed by atoms with Crippen LogP contribution in [0, 0.1) is 6.92 Å². The summed E-state index contributed by atoms with van der Waals surface area (Å²) in [5.41, 5.74) is 1.67. The summed E-state index contributed by atoms with van der Waals surface area (Å²) in [6.45, 7) is 5.02. The fraction of sp³-hybridized carbons (Fsp3) is 0.238. The average molecular weight is 468 g/mol. The molecule has 152 valence electrons. The molecule has 0 aliphatic carbocycles. The van der Waals surface area contributed by atoms with Crippen molar-refractivity contribution in [3.05, 3.63) is 62.5 Å². The molecule has 0 bridgehead atoms. The van der Waals surface area contributed by atoms with Gasteiger partial charge in [-0.25, -0.2) is 0 Å². The number of nitrogens with zero attached hydrogens (tertiary/aromatic N) is 1. The van der Waals surface area contributed by atoms with Crippen molar-refractivity contribution in [1.29, 1.82) is 0 Å². The van der Waals surface area contributed by atoms with Crippen LogP contribution < -0.4 is 9.47 Å². The zero-order valence-electron chi connectivity index (χ0n) is 15.9. The molecular weight excluding hydrogens is 449 g/mol. The minimum absolute atomic E-state index is 0.132. The lowest BCUT2D eigenvalue weighted by molar-refractivity contribution is -0.121. The molecule has 1 heterocycles. The van der Waals surface area contributed by atoms with E-state index in [1.807, 2.05) is 38.1 Å². The second-order valence-corrected chi connectivity index (χ2v) is 8.71. The van der Waals surface area contributed by atoms with Gasteiger partial charge in [-0.1, -0.05) is 65.4 Å². The van der Waals surface area contributed by atoms with Crippen LogP contribution in [0.2, 0.25) is 10.0 Å². The van der Waals surface area contributed by atoms with Gasteiger partial charge in [0.25, 0.3) is 5.91 Å². The number of hydrogen-bond donors (Lipinski definition) is 0. The van der Waals surface area contributed by atoms with Crippen LogP contribution in [0.15, 0.2) is 41.3 Å². The first kappa shape index (κ1) is 22.0. The van der Waals surface area contributed by atoms with E-state index in [1.165, 1.54) is 11.8 Å². The van der Waals surface area contributed by atoms with Crippen LogP contribution in [0.4, 0.5) is 0 Å². The van der Waals surface area contributed by atoms with Gasteiger partial charge in [0.15, 0.2) is 0 Å². The zero-order chi connectivity index (χ0) is 21.0. The van der Waals surface area contributed by atoms with Crippen LogP contribution in [0.3, 0.4) is 0 Å². The molecule has 1 aliphatic heterocycles. The first-order chi connectivity index (χ1) is 13.9. The highest BCUT2D eigenvalue weighted by Crippen LogP contribution is 2.38. The van der Waals surface area contributed by atoms with Gasteiger partial charge in [0, 0.05) is 17.1 Å². The molecule has 8 heteroatoms. The summed E-state index contributed by atoms with van der Waals surface area (Å²) in [6, 6.07) is 11.1. The topological polar surface area (TPSA) is 38.8 Å². The summed E-state index contributed by atoms with van der Waals surface area (Å²) < 4.78 is 12.2. The van der Waals surface area contributed by atoms with Crippen LogP contribution >= 0.6 is 47.2 Å². The van der Waals surface area contributed by atoms with Crippen LogP contribution in [-0.2, 0) is 4.79 Å². The number of ether oxygens (including phenoxy) is 2. The van der Waals surface area contributed by atoms with Gasteiger partial charge in [0.1, 0.15) is 29.0 Å². The minimum atomic E-state index is -0.132. The molecule has 0 radical (unpaired) electrons. The lowest BCUT2D eigenvalue weighted by Gasteiger charge is -2.14. The standard InChI is InChI=1S/C21H19Cl2NO3S2/c1-3-24-20(25)18(29-21(24)28)11-14-10-15(22)12-16(23)19(14)27-9-8-26-17-7-5-4-6-13(17)2/h4-7,10-12H,3,8-9H2,1-2H3. The second-order valence-electron chi connectivity index (χ2n) is 6.19. The molecule has 1 saturated heterocycles. The van der Waals surface area contributed by atoms with Crippen LogP contribution in [0.25, 0.3) is 6.08 Å². The van der Waals surface area contributed by atoms with Crippen molar-refractivity contribution in [3.8, 4) is 11.5 Å². The van der Waals surface area contributed by atoms with Gasteiger partial charge >= 0.3 is 0 Å². The Hall–Kier alpha value is -1.73. The Morgan fingerprint density at radius 2 is 1.90 bits per heavy atom. The molecular formula is C21H19Cl2NO3S2. The van der Waals surface area contributed by atoms with E-state index in [2.05, 4.69) is 0 Å². The molecule has 0 saturated carbocycles. The molecule has 1 amide bonds. The van der Waals surface area contributed by atoms with Crippen molar-refractivity contribution in [2.45, 2.75) is 13.8 Å². The monoisotopic (exact) mass is 467 g/mol. The van der Waals surface area contributed by atoms with Gasteiger partial charge < -0.3 is 9.47 Å². The number of thioether (sulfide) groups is 1. The smallest absolute Gasteiger partial charge is 0.266 e. The zero-order valence-corrected chi connectivity index (χ0v) is 19.1. The van der Waals surface area contributed by atoms with E-state index in [0.29, 0.717) is 43.7 Å². The van der Waals surface area contributed by atoms with E-state index in [9.17, 15) is 4.79 Å². The SMILES string of the molecule is CCN1C(=O)C(=Cc2cc(Cl)cc(Cl)c2OCCOc2ccccc2C)SC1=S. The first-order valence-corrected chi connectivity index (χ1v) is 10.9. The summed E-state index contributed by atoms with van der Waals surface area (Å²) in [6.07, 6.45) is 1.71. The summed E-state index contributed by atoms with van der Waals surface area (Å²) in [4.78, 5) is 14.6. The molecule has 3 rings (SSSR count). The molecule has 2 aromatic rings. The summed E-state index contributed by atoms with van der Waals surface area (Å²) in [5.74, 6) is 1.13. The third kappa shape index (κ3) is 5.25. The number of halogens is 2. The average Bonchev–Trinajstić information content (AvgIpc) is 2.94. The predicted octanol–water partition coefficient (Wildman–Crippen LogP) is 5.98. The molecule has 2 aromatic carbocycles. The van der Waals surface area contributed by atoms with Gasteiger partial charge in [-0.05, 0) is 43.7 Å². The summed E-state index contributed by atoms with van der Waals surface area (Å²) in [5, 5.41) is 0.821. The highest BCUT2D eigenvalue weighted by molar-refractivity contribution is 8.26. The molecule has 4 nitrogen and oxygen atoms in total. The van der Waals surface area contributed by atoms with E-state index < -0.39 is 0 Å². The Kier molecular flexibility index (Phi) is 7.46. The van der Waals surface area contributed by atoms with E-state index >= 15 is 0 Å². The number of likely N-dealkylation sites (N-methyl/N-ethyl adjacent to an activating group) is 1. The fourth-order valence-corrected chi connectivity index (χ4v) is 4.71. The maximum absolute atomic E-state index is 12.5. The number of benzene rings is 2. The Balaban J connectivity index is 1.76. The number of carbonyl (C=O) groups excluding carboxylic acids is 1. The molecule has 0 spiro atoms. The van der Waals surface area contributed by atoms with Gasteiger partial charge in [0.05, 0.1) is 9.93 Å². The van der Waals surface area contributed by atoms with Crippen molar-refractivity contribution >= 4 is 63.5 Å². The number of hydrogen-bond acceptors (Lipinski definition) is 5. The van der Waals surface area contributed by atoms with Gasteiger partial charge in [0.2, 0.25) is 0 Å². The second kappa shape index (κ2) is 9.85. The van der Waals surface area contributed by atoms with Crippen molar-refractivity contribution in [1.82, 2.24) is 4.90 Å². The van der Waals surface area contributed by atoms with Gasteiger partial charge in [-0.3, -0.25) is 9.69 Å². The number of aryl methyl sites for hydroxylation is 1.